The van der Waals surface area contributed by atoms with Crippen molar-refractivity contribution in [3.8, 4) is 27.7 Å². The van der Waals surface area contributed by atoms with Crippen LogP contribution >= 0.6 is 22.9 Å². The normalized spacial score (nSPS) is 11.1. The Balaban J connectivity index is 1.82. The molecule has 0 aliphatic heterocycles. The van der Waals surface area contributed by atoms with Crippen LogP contribution in [0.5, 0.6) is 5.75 Å². The molecule has 5 nitrogen and oxygen atoms in total. The van der Waals surface area contributed by atoms with E-state index in [4.69, 9.17) is 16.3 Å². The fraction of sp³-hybridized carbons (Fsp3) is 0.118. The number of hydrogen-bond acceptors (Lipinski definition) is 5. The molecule has 0 fully saturated rings. The maximum atomic E-state index is 5.95. The number of ether oxygens (including phenoxy) is 1. The zero-order valence-corrected chi connectivity index (χ0v) is 14.4. The largest absolute Gasteiger partial charge is 0.493 e. The van der Waals surface area contributed by atoms with Gasteiger partial charge in [-0.1, -0.05) is 35.1 Å². The van der Waals surface area contributed by atoms with Crippen molar-refractivity contribution in [2.45, 2.75) is 6.92 Å². The molecule has 4 rings (SSSR count). The molecular formula is C17H13ClN4OS. The standard InChI is InChI=1S/C17H13ClN4OS/c1-2-23-14-6-4-3-5-13(14)16-21-22-15(19-20-17(22)24-16)11-7-9-12(18)10-8-11/h3-10H,2H2,1H3. The van der Waals surface area contributed by atoms with E-state index >= 15 is 0 Å². The summed E-state index contributed by atoms with van der Waals surface area (Å²) in [5, 5.41) is 14.7. The smallest absolute Gasteiger partial charge is 0.235 e. The van der Waals surface area contributed by atoms with Crippen LogP contribution in [0.3, 0.4) is 0 Å². The molecule has 2 aromatic carbocycles. The second-order valence-electron chi connectivity index (χ2n) is 5.06. The Bertz CT molecular complexity index is 993. The van der Waals surface area contributed by atoms with Crippen molar-refractivity contribution < 1.29 is 4.74 Å². The van der Waals surface area contributed by atoms with Crippen LogP contribution in [0.1, 0.15) is 6.92 Å². The van der Waals surface area contributed by atoms with E-state index < -0.39 is 0 Å². The quantitative estimate of drug-likeness (QED) is 0.537. The number of rotatable bonds is 4. The molecule has 2 heterocycles. The molecule has 0 saturated carbocycles. The molecule has 0 saturated heterocycles. The lowest BCUT2D eigenvalue weighted by Crippen LogP contribution is -1.95. The third-order valence-electron chi connectivity index (χ3n) is 3.51. The van der Waals surface area contributed by atoms with Crippen molar-refractivity contribution in [1.82, 2.24) is 19.8 Å². The van der Waals surface area contributed by atoms with Gasteiger partial charge in [-0.05, 0) is 43.3 Å². The van der Waals surface area contributed by atoms with Crippen molar-refractivity contribution in [1.29, 1.82) is 0 Å². The van der Waals surface area contributed by atoms with Gasteiger partial charge in [-0.15, -0.1) is 10.2 Å². The van der Waals surface area contributed by atoms with Gasteiger partial charge in [0.2, 0.25) is 4.96 Å². The van der Waals surface area contributed by atoms with Crippen molar-refractivity contribution in [2.75, 3.05) is 6.61 Å². The lowest BCUT2D eigenvalue weighted by atomic mass is 10.2. The second-order valence-corrected chi connectivity index (χ2v) is 6.45. The molecule has 24 heavy (non-hydrogen) atoms. The Morgan fingerprint density at radius 1 is 1.08 bits per heavy atom. The first-order valence-corrected chi connectivity index (χ1v) is 8.66. The molecule has 7 heteroatoms. The van der Waals surface area contributed by atoms with Gasteiger partial charge in [0.1, 0.15) is 5.75 Å². The lowest BCUT2D eigenvalue weighted by molar-refractivity contribution is 0.341. The Kier molecular flexibility index (Phi) is 3.92. The monoisotopic (exact) mass is 356 g/mol. The van der Waals surface area contributed by atoms with Crippen molar-refractivity contribution in [2.24, 2.45) is 0 Å². The van der Waals surface area contributed by atoms with Crippen LogP contribution in [0.4, 0.5) is 0 Å². The highest BCUT2D eigenvalue weighted by Crippen LogP contribution is 2.34. The molecule has 0 atom stereocenters. The fourth-order valence-electron chi connectivity index (χ4n) is 2.43. The molecule has 0 bridgehead atoms. The van der Waals surface area contributed by atoms with Gasteiger partial charge in [-0.3, -0.25) is 0 Å². The topological polar surface area (TPSA) is 52.3 Å². The van der Waals surface area contributed by atoms with Gasteiger partial charge in [0.05, 0.1) is 12.2 Å². The molecule has 0 amide bonds. The Hall–Kier alpha value is -2.44. The van der Waals surface area contributed by atoms with Crippen LogP contribution in [0.2, 0.25) is 5.02 Å². The first-order chi connectivity index (χ1) is 11.8. The van der Waals surface area contributed by atoms with E-state index in [0.29, 0.717) is 17.5 Å². The molecular weight excluding hydrogens is 344 g/mol. The number of para-hydroxylation sites is 1. The van der Waals surface area contributed by atoms with Crippen LogP contribution in [0, 0.1) is 0 Å². The zero-order valence-electron chi connectivity index (χ0n) is 12.8. The minimum atomic E-state index is 0.608. The summed E-state index contributed by atoms with van der Waals surface area (Å²) in [4.78, 5) is 0.737. The summed E-state index contributed by atoms with van der Waals surface area (Å²) in [6, 6.07) is 15.3. The van der Waals surface area contributed by atoms with Crippen molar-refractivity contribution in [3.05, 3.63) is 53.6 Å². The number of aromatic nitrogens is 4. The fourth-order valence-corrected chi connectivity index (χ4v) is 3.42. The summed E-state index contributed by atoms with van der Waals surface area (Å²) < 4.78 is 7.45. The van der Waals surface area contributed by atoms with Gasteiger partial charge in [-0.25, -0.2) is 0 Å². The van der Waals surface area contributed by atoms with Crippen LogP contribution in [0.15, 0.2) is 48.5 Å². The zero-order chi connectivity index (χ0) is 16.5. The summed E-state index contributed by atoms with van der Waals surface area (Å²) in [6.45, 7) is 2.57. The molecule has 4 aromatic rings. The van der Waals surface area contributed by atoms with Gasteiger partial charge in [0, 0.05) is 10.6 Å². The summed E-state index contributed by atoms with van der Waals surface area (Å²) in [5.74, 6) is 1.51. The highest BCUT2D eigenvalue weighted by molar-refractivity contribution is 7.19. The van der Waals surface area contributed by atoms with Crippen molar-refractivity contribution in [3.63, 3.8) is 0 Å². The van der Waals surface area contributed by atoms with Crippen LogP contribution in [-0.4, -0.2) is 26.4 Å². The maximum absolute atomic E-state index is 5.95. The Morgan fingerprint density at radius 2 is 1.88 bits per heavy atom. The first kappa shape index (κ1) is 15.1. The van der Waals surface area contributed by atoms with Gasteiger partial charge in [0.15, 0.2) is 10.8 Å². The minimum absolute atomic E-state index is 0.608. The number of benzene rings is 2. The Morgan fingerprint density at radius 3 is 2.67 bits per heavy atom. The first-order valence-electron chi connectivity index (χ1n) is 7.46. The predicted molar refractivity (Wildman–Crippen MR) is 95.7 cm³/mol. The average molecular weight is 357 g/mol. The molecule has 0 N–H and O–H groups in total. The van der Waals surface area contributed by atoms with E-state index in [1.807, 2.05) is 55.5 Å². The Labute approximate surface area is 147 Å². The van der Waals surface area contributed by atoms with E-state index in [0.717, 1.165) is 26.8 Å². The number of hydrogen-bond donors (Lipinski definition) is 0. The van der Waals surface area contributed by atoms with Gasteiger partial charge in [-0.2, -0.15) is 9.61 Å². The molecule has 0 radical (unpaired) electrons. The average Bonchev–Trinajstić information content (AvgIpc) is 3.17. The van der Waals surface area contributed by atoms with E-state index in [9.17, 15) is 0 Å². The molecule has 120 valence electrons. The van der Waals surface area contributed by atoms with Gasteiger partial charge < -0.3 is 4.74 Å². The third kappa shape index (κ3) is 2.64. The molecule has 0 aliphatic rings. The lowest BCUT2D eigenvalue weighted by Gasteiger charge is -2.06. The molecule has 0 unspecified atom stereocenters. The van der Waals surface area contributed by atoms with Gasteiger partial charge in [0.25, 0.3) is 0 Å². The molecule has 0 aliphatic carbocycles. The highest BCUT2D eigenvalue weighted by Gasteiger charge is 2.16. The maximum Gasteiger partial charge on any atom is 0.235 e. The predicted octanol–water partition coefficient (Wildman–Crippen LogP) is 4.57. The van der Waals surface area contributed by atoms with E-state index in [2.05, 4.69) is 15.3 Å². The van der Waals surface area contributed by atoms with E-state index in [1.54, 1.807) is 4.52 Å². The number of halogens is 1. The van der Waals surface area contributed by atoms with Crippen LogP contribution in [0.25, 0.3) is 26.9 Å². The summed E-state index contributed by atoms with van der Waals surface area (Å²) in [5.41, 5.74) is 1.87. The summed E-state index contributed by atoms with van der Waals surface area (Å²) in [7, 11) is 0. The minimum Gasteiger partial charge on any atom is -0.493 e. The molecule has 0 spiro atoms. The van der Waals surface area contributed by atoms with Crippen LogP contribution in [-0.2, 0) is 0 Å². The third-order valence-corrected chi connectivity index (χ3v) is 4.69. The molecule has 2 aromatic heterocycles. The van der Waals surface area contributed by atoms with Gasteiger partial charge >= 0.3 is 0 Å². The second kappa shape index (κ2) is 6.22. The van der Waals surface area contributed by atoms with E-state index in [1.165, 1.54) is 11.3 Å². The van der Waals surface area contributed by atoms with Crippen LogP contribution < -0.4 is 4.74 Å². The number of fused-ring (bicyclic) bond motifs is 1. The number of nitrogens with zero attached hydrogens (tertiary/aromatic N) is 4. The van der Waals surface area contributed by atoms with Crippen molar-refractivity contribution >= 4 is 27.9 Å². The highest BCUT2D eigenvalue weighted by atomic mass is 35.5. The SMILES string of the molecule is CCOc1ccccc1-c1nn2c(-c3ccc(Cl)cc3)nnc2s1. The summed E-state index contributed by atoms with van der Waals surface area (Å²) in [6.07, 6.45) is 0. The van der Waals surface area contributed by atoms with E-state index in [-0.39, 0.29) is 0 Å². The summed E-state index contributed by atoms with van der Waals surface area (Å²) >= 11 is 7.43.